The van der Waals surface area contributed by atoms with Crippen LogP contribution >= 0.6 is 11.3 Å². The molecule has 2 aromatic heterocycles. The van der Waals surface area contributed by atoms with Gasteiger partial charge < -0.3 is 10.1 Å². The maximum absolute atomic E-state index is 15.1. The Morgan fingerprint density at radius 2 is 2.14 bits per heavy atom. The fourth-order valence-electron chi connectivity index (χ4n) is 3.70. The van der Waals surface area contributed by atoms with Crippen LogP contribution in [0.3, 0.4) is 0 Å². The van der Waals surface area contributed by atoms with E-state index in [0.29, 0.717) is 33.6 Å². The highest BCUT2D eigenvalue weighted by atomic mass is 32.1. The molecule has 0 saturated carbocycles. The monoisotopic (exact) mass is 410 g/mol. The Morgan fingerprint density at radius 3 is 2.79 bits per heavy atom. The molecule has 29 heavy (non-hydrogen) atoms. The highest BCUT2D eigenvalue weighted by Gasteiger charge is 2.53. The fourth-order valence-corrected chi connectivity index (χ4v) is 4.68. The number of hydrogen-bond acceptors (Lipinski definition) is 6. The predicted molar refractivity (Wildman–Crippen MR) is 108 cm³/mol. The van der Waals surface area contributed by atoms with E-state index >= 15 is 4.39 Å². The van der Waals surface area contributed by atoms with E-state index in [2.05, 4.69) is 21.4 Å². The summed E-state index contributed by atoms with van der Waals surface area (Å²) in [6.45, 7) is 3.52. The molecule has 1 saturated heterocycles. The molecule has 1 aliphatic heterocycles. The summed E-state index contributed by atoms with van der Waals surface area (Å²) in [6.07, 6.45) is -0.477. The summed E-state index contributed by atoms with van der Waals surface area (Å²) in [5, 5.41) is 14.1. The molecule has 0 aliphatic carbocycles. The van der Waals surface area contributed by atoms with Crippen molar-refractivity contribution >= 4 is 33.3 Å². The molecule has 8 heteroatoms. The zero-order valence-corrected chi connectivity index (χ0v) is 16.7. The Balaban J connectivity index is 1.68. The van der Waals surface area contributed by atoms with Gasteiger partial charge in [0.2, 0.25) is 0 Å². The maximum Gasteiger partial charge on any atom is 0.256 e. The van der Waals surface area contributed by atoms with Crippen LogP contribution in [0.25, 0.3) is 10.2 Å². The van der Waals surface area contributed by atoms with Crippen LogP contribution < -0.4 is 5.32 Å². The van der Waals surface area contributed by atoms with Gasteiger partial charge in [0.15, 0.2) is 11.4 Å². The van der Waals surface area contributed by atoms with E-state index in [0.717, 1.165) is 0 Å². The molecule has 4 atom stereocenters. The second-order valence-electron chi connectivity index (χ2n) is 7.04. The molecular formula is C21H19FN4O2S. The number of nitriles is 1. The standard InChI is InChI=1S/C21H19FN4O2S/c1-3-21(10-23)12(2)15(22)17(28-21)14-9-29-18-16(14)24-11-25-19(18)26-20(27)13-7-5-4-6-8-13/h4-9,11-12,15,17H,3H2,1-2H3,(H,24,25,26,27)/t12-,15+,17-,21-/m0/s1. The molecule has 1 fully saturated rings. The van der Waals surface area contributed by atoms with Gasteiger partial charge in [0, 0.05) is 17.0 Å². The molecule has 6 nitrogen and oxygen atoms in total. The van der Waals surface area contributed by atoms with Gasteiger partial charge in [-0.2, -0.15) is 5.26 Å². The van der Waals surface area contributed by atoms with Gasteiger partial charge in [-0.3, -0.25) is 4.79 Å². The Morgan fingerprint density at radius 1 is 1.38 bits per heavy atom. The third-order valence-corrected chi connectivity index (χ3v) is 6.50. The van der Waals surface area contributed by atoms with Crippen molar-refractivity contribution in [3.63, 3.8) is 0 Å². The fraction of sp³-hybridized carbons (Fsp3) is 0.333. The van der Waals surface area contributed by atoms with E-state index < -0.39 is 23.8 Å². The molecule has 1 aromatic carbocycles. The lowest BCUT2D eigenvalue weighted by atomic mass is 9.85. The second kappa shape index (κ2) is 7.50. The predicted octanol–water partition coefficient (Wildman–Crippen LogP) is 4.66. The third kappa shape index (κ3) is 3.16. The van der Waals surface area contributed by atoms with Crippen molar-refractivity contribution in [2.24, 2.45) is 5.92 Å². The number of amides is 1. The highest BCUT2D eigenvalue weighted by Crippen LogP contribution is 2.49. The molecule has 3 heterocycles. The minimum absolute atomic E-state index is 0.288. The molecule has 4 rings (SSSR count). The normalized spacial score (nSPS) is 26.3. The van der Waals surface area contributed by atoms with Crippen molar-refractivity contribution in [1.29, 1.82) is 5.26 Å². The number of fused-ring (bicyclic) bond motifs is 1. The second-order valence-corrected chi connectivity index (χ2v) is 7.92. The zero-order valence-electron chi connectivity index (χ0n) is 15.9. The van der Waals surface area contributed by atoms with Gasteiger partial charge in [-0.1, -0.05) is 32.0 Å². The molecule has 1 N–H and O–H groups in total. The van der Waals surface area contributed by atoms with Crippen LogP contribution in [-0.2, 0) is 4.74 Å². The number of benzene rings is 1. The molecule has 0 spiro atoms. The van der Waals surface area contributed by atoms with Crippen molar-refractivity contribution in [3.05, 3.63) is 53.2 Å². The SMILES string of the molecule is CC[C@@]1(C#N)O[C@@H](c2csc3c(NC(=O)c4ccccc4)ncnc23)[C@H](F)[C@@H]1C. The van der Waals surface area contributed by atoms with Crippen LogP contribution in [0.2, 0.25) is 0 Å². The number of thiophene rings is 1. The summed E-state index contributed by atoms with van der Waals surface area (Å²) < 4.78 is 21.7. The zero-order chi connectivity index (χ0) is 20.6. The average molecular weight is 410 g/mol. The number of aromatic nitrogens is 2. The number of anilines is 1. The van der Waals surface area contributed by atoms with E-state index in [1.54, 1.807) is 36.6 Å². The molecule has 0 bridgehead atoms. The Bertz CT molecular complexity index is 1100. The number of hydrogen-bond donors (Lipinski definition) is 1. The molecule has 0 unspecified atom stereocenters. The molecule has 0 radical (unpaired) electrons. The number of halogens is 1. The highest BCUT2D eigenvalue weighted by molar-refractivity contribution is 7.18. The summed E-state index contributed by atoms with van der Waals surface area (Å²) in [4.78, 5) is 21.0. The van der Waals surface area contributed by atoms with Crippen LogP contribution in [0.1, 0.15) is 42.3 Å². The first-order chi connectivity index (χ1) is 14.0. The number of ether oxygens (including phenoxy) is 1. The van der Waals surface area contributed by atoms with E-state index in [1.807, 2.05) is 13.0 Å². The molecule has 1 aliphatic rings. The first kappa shape index (κ1) is 19.4. The lowest BCUT2D eigenvalue weighted by Gasteiger charge is -2.23. The molecule has 148 valence electrons. The van der Waals surface area contributed by atoms with Crippen molar-refractivity contribution in [2.75, 3.05) is 5.32 Å². The van der Waals surface area contributed by atoms with Crippen LogP contribution in [-0.4, -0.2) is 27.6 Å². The first-order valence-electron chi connectivity index (χ1n) is 9.32. The minimum atomic E-state index is -1.33. The number of alkyl halides is 1. The number of nitrogens with one attached hydrogen (secondary N) is 1. The third-order valence-electron chi connectivity index (χ3n) is 5.51. The van der Waals surface area contributed by atoms with E-state index in [-0.39, 0.29) is 5.91 Å². The van der Waals surface area contributed by atoms with Gasteiger partial charge in [-0.05, 0) is 23.9 Å². The summed E-state index contributed by atoms with van der Waals surface area (Å²) in [7, 11) is 0. The van der Waals surface area contributed by atoms with Crippen molar-refractivity contribution in [2.45, 2.75) is 38.1 Å². The van der Waals surface area contributed by atoms with Crippen LogP contribution in [0.4, 0.5) is 10.2 Å². The van der Waals surface area contributed by atoms with Crippen LogP contribution in [0.5, 0.6) is 0 Å². The van der Waals surface area contributed by atoms with Gasteiger partial charge >= 0.3 is 0 Å². The molecular weight excluding hydrogens is 391 g/mol. The average Bonchev–Trinajstić information content (AvgIpc) is 3.29. The Kier molecular flexibility index (Phi) is 5.03. The molecule has 3 aromatic rings. The summed E-state index contributed by atoms with van der Waals surface area (Å²) >= 11 is 1.31. The Labute approximate surface area is 171 Å². The quantitative estimate of drug-likeness (QED) is 0.676. The number of nitrogens with zero attached hydrogens (tertiary/aromatic N) is 3. The number of carbonyl (C=O) groups excluding carboxylic acids is 1. The van der Waals surface area contributed by atoms with Gasteiger partial charge in [0.05, 0.1) is 16.3 Å². The van der Waals surface area contributed by atoms with Crippen LogP contribution in [0.15, 0.2) is 42.0 Å². The number of rotatable bonds is 4. The summed E-state index contributed by atoms with van der Waals surface area (Å²) in [5.41, 5.74) is 0.454. The van der Waals surface area contributed by atoms with Crippen LogP contribution in [0, 0.1) is 17.2 Å². The van der Waals surface area contributed by atoms with Crippen molar-refractivity contribution in [3.8, 4) is 6.07 Å². The topological polar surface area (TPSA) is 87.9 Å². The van der Waals surface area contributed by atoms with Gasteiger partial charge in [-0.25, -0.2) is 14.4 Å². The number of carbonyl (C=O) groups is 1. The summed E-state index contributed by atoms with van der Waals surface area (Å²) in [5.74, 6) is -0.482. The van der Waals surface area contributed by atoms with Crippen molar-refractivity contribution in [1.82, 2.24) is 9.97 Å². The van der Waals surface area contributed by atoms with E-state index in [9.17, 15) is 10.1 Å². The first-order valence-corrected chi connectivity index (χ1v) is 10.2. The van der Waals surface area contributed by atoms with Crippen molar-refractivity contribution < 1.29 is 13.9 Å². The van der Waals surface area contributed by atoms with Gasteiger partial charge in [0.1, 0.15) is 18.6 Å². The smallest absolute Gasteiger partial charge is 0.256 e. The summed E-state index contributed by atoms with van der Waals surface area (Å²) in [6, 6.07) is 11.0. The largest absolute Gasteiger partial charge is 0.349 e. The van der Waals surface area contributed by atoms with Gasteiger partial charge in [-0.15, -0.1) is 11.3 Å². The Hall–Kier alpha value is -2.89. The van der Waals surface area contributed by atoms with E-state index in [1.165, 1.54) is 17.7 Å². The lowest BCUT2D eigenvalue weighted by molar-refractivity contribution is -0.0223. The maximum atomic E-state index is 15.1. The molecule has 1 amide bonds. The van der Waals surface area contributed by atoms with E-state index in [4.69, 9.17) is 4.74 Å². The van der Waals surface area contributed by atoms with Gasteiger partial charge in [0.25, 0.3) is 5.91 Å². The lowest BCUT2D eigenvalue weighted by Crippen LogP contribution is -2.33. The minimum Gasteiger partial charge on any atom is -0.349 e.